The third kappa shape index (κ3) is 2.84. The first-order chi connectivity index (χ1) is 8.33. The average molecular weight is 234 g/mol. The monoisotopic (exact) mass is 234 g/mol. The molecule has 1 saturated heterocycles. The van der Waals surface area contributed by atoms with Gasteiger partial charge in [0.05, 0.1) is 12.6 Å². The summed E-state index contributed by atoms with van der Waals surface area (Å²) in [6, 6.07) is 9.86. The Morgan fingerprint density at radius 2 is 2.12 bits per heavy atom. The van der Waals surface area contributed by atoms with E-state index < -0.39 is 0 Å². The molecule has 0 saturated carbocycles. The van der Waals surface area contributed by atoms with Crippen molar-refractivity contribution in [1.82, 2.24) is 0 Å². The van der Waals surface area contributed by atoms with Crippen molar-refractivity contribution < 1.29 is 9.53 Å². The molecule has 0 aliphatic carbocycles. The zero-order valence-corrected chi connectivity index (χ0v) is 9.84. The number of hydrogen-bond donors (Lipinski definition) is 1. The van der Waals surface area contributed by atoms with Crippen molar-refractivity contribution in [2.45, 2.75) is 18.9 Å². The molecule has 1 amide bonds. The van der Waals surface area contributed by atoms with Crippen molar-refractivity contribution in [1.29, 1.82) is 0 Å². The minimum absolute atomic E-state index is 0.0319. The molecule has 1 fully saturated rings. The second-order valence-corrected chi connectivity index (χ2v) is 4.20. The summed E-state index contributed by atoms with van der Waals surface area (Å²) in [5.74, 6) is 0.0319. The first kappa shape index (κ1) is 12.1. The van der Waals surface area contributed by atoms with Gasteiger partial charge in [0.2, 0.25) is 0 Å². The van der Waals surface area contributed by atoms with Crippen LogP contribution in [0.4, 0.5) is 5.69 Å². The molecule has 1 aromatic carbocycles. The molecule has 0 radical (unpaired) electrons. The first-order valence-corrected chi connectivity index (χ1v) is 5.98. The van der Waals surface area contributed by atoms with E-state index in [1.54, 1.807) is 0 Å². The van der Waals surface area contributed by atoms with Gasteiger partial charge in [0.15, 0.2) is 0 Å². The van der Waals surface area contributed by atoms with Gasteiger partial charge < -0.3 is 15.4 Å². The highest BCUT2D eigenvalue weighted by atomic mass is 16.5. The Labute approximate surface area is 101 Å². The number of ether oxygens (including phenoxy) is 1. The minimum atomic E-state index is 0.0319. The topological polar surface area (TPSA) is 55.6 Å². The van der Waals surface area contributed by atoms with Crippen molar-refractivity contribution in [2.24, 2.45) is 5.73 Å². The maximum atomic E-state index is 11.9. The lowest BCUT2D eigenvalue weighted by Gasteiger charge is -2.35. The molecule has 2 N–H and O–H groups in total. The van der Waals surface area contributed by atoms with Crippen LogP contribution in [0.1, 0.15) is 12.8 Å². The van der Waals surface area contributed by atoms with E-state index in [4.69, 9.17) is 10.5 Å². The van der Waals surface area contributed by atoms with Gasteiger partial charge in [0.25, 0.3) is 5.91 Å². The highest BCUT2D eigenvalue weighted by Crippen LogP contribution is 2.22. The van der Waals surface area contributed by atoms with Gasteiger partial charge in [-0.15, -0.1) is 0 Å². The Bertz CT molecular complexity index is 367. The summed E-state index contributed by atoms with van der Waals surface area (Å²) in [5, 5.41) is 0. The van der Waals surface area contributed by atoms with E-state index in [2.05, 4.69) is 0 Å². The lowest BCUT2D eigenvalue weighted by molar-refractivity contribution is -0.127. The summed E-state index contributed by atoms with van der Waals surface area (Å²) >= 11 is 0. The smallest absolute Gasteiger partial charge is 0.253 e. The molecule has 2 rings (SSSR count). The molecule has 1 aliphatic heterocycles. The van der Waals surface area contributed by atoms with Crippen LogP contribution in [0.25, 0.3) is 0 Å². The van der Waals surface area contributed by atoms with Crippen molar-refractivity contribution in [2.75, 3.05) is 24.7 Å². The van der Waals surface area contributed by atoms with Crippen LogP contribution in [0.3, 0.4) is 0 Å². The number of carbonyl (C=O) groups excluding carboxylic acids is 1. The van der Waals surface area contributed by atoms with Crippen LogP contribution in [0, 0.1) is 0 Å². The molecular formula is C13H18N2O2. The lowest BCUT2D eigenvalue weighted by atomic mass is 10.1. The van der Waals surface area contributed by atoms with E-state index in [0.29, 0.717) is 13.2 Å². The summed E-state index contributed by atoms with van der Waals surface area (Å²) in [7, 11) is 0. The normalized spacial score (nSPS) is 20.6. The molecule has 1 unspecified atom stereocenters. The highest BCUT2D eigenvalue weighted by Gasteiger charge is 2.29. The highest BCUT2D eigenvalue weighted by molar-refractivity contribution is 5.95. The third-order valence-corrected chi connectivity index (χ3v) is 2.95. The second kappa shape index (κ2) is 5.80. The number of rotatable bonds is 4. The fourth-order valence-electron chi connectivity index (χ4n) is 2.14. The van der Waals surface area contributed by atoms with Gasteiger partial charge in [-0.2, -0.15) is 0 Å². The number of nitrogens with two attached hydrogens (primary N) is 1. The molecule has 1 aliphatic rings. The minimum Gasteiger partial charge on any atom is -0.369 e. The Kier molecular flexibility index (Phi) is 4.12. The molecule has 0 spiro atoms. The first-order valence-electron chi connectivity index (χ1n) is 5.98. The summed E-state index contributed by atoms with van der Waals surface area (Å²) in [6.45, 7) is 1.42. The van der Waals surface area contributed by atoms with Crippen LogP contribution in [-0.2, 0) is 9.53 Å². The standard InChI is InChI=1S/C13H18N2O2/c14-8-4-7-12-9-17-10-13(16)15(12)11-5-2-1-3-6-11/h1-3,5-6,12H,4,7-10,14H2. The molecular weight excluding hydrogens is 216 g/mol. The zero-order valence-electron chi connectivity index (χ0n) is 9.84. The van der Waals surface area contributed by atoms with Gasteiger partial charge in [0, 0.05) is 5.69 Å². The second-order valence-electron chi connectivity index (χ2n) is 4.20. The van der Waals surface area contributed by atoms with Crippen LogP contribution in [-0.4, -0.2) is 31.7 Å². The zero-order chi connectivity index (χ0) is 12.1. The van der Waals surface area contributed by atoms with Gasteiger partial charge in [-0.1, -0.05) is 18.2 Å². The van der Waals surface area contributed by atoms with E-state index in [1.165, 1.54) is 0 Å². The van der Waals surface area contributed by atoms with E-state index in [0.717, 1.165) is 18.5 Å². The number of hydrogen-bond acceptors (Lipinski definition) is 3. The van der Waals surface area contributed by atoms with Crippen LogP contribution in [0.2, 0.25) is 0 Å². The fraction of sp³-hybridized carbons (Fsp3) is 0.462. The number of anilines is 1. The Morgan fingerprint density at radius 3 is 2.82 bits per heavy atom. The number of para-hydroxylation sites is 1. The van der Waals surface area contributed by atoms with E-state index in [1.807, 2.05) is 35.2 Å². The van der Waals surface area contributed by atoms with Crippen molar-refractivity contribution >= 4 is 11.6 Å². The molecule has 1 heterocycles. The third-order valence-electron chi connectivity index (χ3n) is 2.95. The van der Waals surface area contributed by atoms with Gasteiger partial charge in [-0.25, -0.2) is 0 Å². The summed E-state index contributed by atoms with van der Waals surface area (Å²) in [6.07, 6.45) is 1.79. The molecule has 17 heavy (non-hydrogen) atoms. The average Bonchev–Trinajstić information content (AvgIpc) is 2.37. The molecule has 0 aromatic heterocycles. The SMILES string of the molecule is NCCCC1COCC(=O)N1c1ccccc1. The predicted octanol–water partition coefficient (Wildman–Crippen LogP) is 1.16. The van der Waals surface area contributed by atoms with E-state index in [-0.39, 0.29) is 18.6 Å². The van der Waals surface area contributed by atoms with Gasteiger partial charge in [-0.3, -0.25) is 4.79 Å². The summed E-state index contributed by atoms with van der Waals surface area (Å²) < 4.78 is 5.31. The Balaban J connectivity index is 2.16. The van der Waals surface area contributed by atoms with Crippen molar-refractivity contribution in [3.05, 3.63) is 30.3 Å². The summed E-state index contributed by atoms with van der Waals surface area (Å²) in [4.78, 5) is 13.8. The number of amides is 1. The largest absolute Gasteiger partial charge is 0.369 e. The lowest BCUT2D eigenvalue weighted by Crippen LogP contribution is -2.49. The quantitative estimate of drug-likeness (QED) is 0.850. The van der Waals surface area contributed by atoms with Crippen molar-refractivity contribution in [3.63, 3.8) is 0 Å². The summed E-state index contributed by atoms with van der Waals surface area (Å²) in [5.41, 5.74) is 6.47. The molecule has 1 atom stereocenters. The van der Waals surface area contributed by atoms with Gasteiger partial charge in [0.1, 0.15) is 6.61 Å². The number of morpholine rings is 1. The van der Waals surface area contributed by atoms with E-state index >= 15 is 0 Å². The van der Waals surface area contributed by atoms with Crippen LogP contribution < -0.4 is 10.6 Å². The molecule has 4 nitrogen and oxygen atoms in total. The maximum absolute atomic E-state index is 11.9. The molecule has 92 valence electrons. The predicted molar refractivity (Wildman–Crippen MR) is 66.8 cm³/mol. The Hall–Kier alpha value is -1.39. The van der Waals surface area contributed by atoms with Crippen LogP contribution >= 0.6 is 0 Å². The van der Waals surface area contributed by atoms with E-state index in [9.17, 15) is 4.79 Å². The van der Waals surface area contributed by atoms with Crippen molar-refractivity contribution in [3.8, 4) is 0 Å². The molecule has 1 aromatic rings. The Morgan fingerprint density at radius 1 is 1.35 bits per heavy atom. The van der Waals surface area contributed by atoms with Gasteiger partial charge >= 0.3 is 0 Å². The number of benzene rings is 1. The number of nitrogens with zero attached hydrogens (tertiary/aromatic N) is 1. The fourth-order valence-corrected chi connectivity index (χ4v) is 2.14. The molecule has 0 bridgehead atoms. The van der Waals surface area contributed by atoms with Gasteiger partial charge in [-0.05, 0) is 31.5 Å². The molecule has 4 heteroatoms. The number of carbonyl (C=O) groups is 1. The maximum Gasteiger partial charge on any atom is 0.253 e. The van der Waals surface area contributed by atoms with Crippen LogP contribution in [0.5, 0.6) is 0 Å². The van der Waals surface area contributed by atoms with Crippen LogP contribution in [0.15, 0.2) is 30.3 Å².